The number of hydrogen-bond acceptors (Lipinski definition) is 2. The van der Waals surface area contributed by atoms with Crippen molar-refractivity contribution in [3.63, 3.8) is 0 Å². The SMILES string of the molecule is C=C1CCC(O)C/C1=C/C=C1\CCCC2(C)C1CCC2C(C)CCCSc1ccccc1. The van der Waals surface area contributed by atoms with Crippen LogP contribution in [0.3, 0.4) is 0 Å². The van der Waals surface area contributed by atoms with Gasteiger partial charge in [-0.1, -0.05) is 61.9 Å². The van der Waals surface area contributed by atoms with E-state index in [1.807, 2.05) is 11.8 Å². The van der Waals surface area contributed by atoms with Gasteiger partial charge < -0.3 is 5.11 Å². The van der Waals surface area contributed by atoms with Gasteiger partial charge in [-0.05, 0) is 111 Å². The summed E-state index contributed by atoms with van der Waals surface area (Å²) in [5.41, 5.74) is 4.66. The van der Waals surface area contributed by atoms with Crippen LogP contribution in [0.4, 0.5) is 0 Å². The number of aliphatic hydroxyl groups is 1. The van der Waals surface area contributed by atoms with Crippen molar-refractivity contribution in [2.45, 2.75) is 89.1 Å². The van der Waals surface area contributed by atoms with Gasteiger partial charge in [0.2, 0.25) is 0 Å². The lowest BCUT2D eigenvalue weighted by Crippen LogP contribution is -2.36. The standard InChI is InChI=1S/C30H42OS/c1-22-13-16-26(31)21-25(22)15-14-24-10-7-19-30(3)28(17-18-29(24)30)23(2)9-8-20-32-27-11-5-4-6-12-27/h4-6,11-12,14-15,23,26,28-29,31H,1,7-10,13,16-21H2,2-3H3/b24-14+,25-15-. The highest BCUT2D eigenvalue weighted by Gasteiger charge is 2.50. The summed E-state index contributed by atoms with van der Waals surface area (Å²) >= 11 is 2.01. The van der Waals surface area contributed by atoms with Gasteiger partial charge in [-0.25, -0.2) is 0 Å². The molecule has 0 saturated heterocycles. The van der Waals surface area contributed by atoms with E-state index in [-0.39, 0.29) is 6.10 Å². The average molecular weight is 451 g/mol. The zero-order valence-electron chi connectivity index (χ0n) is 20.2. The van der Waals surface area contributed by atoms with E-state index in [2.05, 4.69) is 62.9 Å². The summed E-state index contributed by atoms with van der Waals surface area (Å²) in [5.74, 6) is 3.65. The van der Waals surface area contributed by atoms with Crippen LogP contribution < -0.4 is 0 Å². The first-order valence-electron chi connectivity index (χ1n) is 12.9. The Balaban J connectivity index is 1.36. The number of fused-ring (bicyclic) bond motifs is 1. The molecule has 1 N–H and O–H groups in total. The van der Waals surface area contributed by atoms with Gasteiger partial charge in [-0.15, -0.1) is 11.8 Å². The van der Waals surface area contributed by atoms with Crippen LogP contribution in [-0.4, -0.2) is 17.0 Å². The molecular formula is C30H42OS. The fourth-order valence-electron chi connectivity index (χ4n) is 6.92. The summed E-state index contributed by atoms with van der Waals surface area (Å²) in [7, 11) is 0. The molecule has 174 valence electrons. The molecule has 0 radical (unpaired) electrons. The third-order valence-electron chi connectivity index (χ3n) is 8.73. The van der Waals surface area contributed by atoms with Gasteiger partial charge in [0.05, 0.1) is 6.10 Å². The van der Waals surface area contributed by atoms with Crippen molar-refractivity contribution in [3.8, 4) is 0 Å². The molecule has 0 amide bonds. The van der Waals surface area contributed by atoms with Crippen LogP contribution in [0, 0.1) is 23.2 Å². The Morgan fingerprint density at radius 3 is 2.78 bits per heavy atom. The fourth-order valence-corrected chi connectivity index (χ4v) is 7.82. The van der Waals surface area contributed by atoms with E-state index in [9.17, 15) is 5.11 Å². The van der Waals surface area contributed by atoms with E-state index >= 15 is 0 Å². The maximum absolute atomic E-state index is 10.1. The van der Waals surface area contributed by atoms with Crippen LogP contribution in [0.2, 0.25) is 0 Å². The number of benzene rings is 1. The summed E-state index contributed by atoms with van der Waals surface area (Å²) in [4.78, 5) is 1.40. The molecule has 5 unspecified atom stereocenters. The van der Waals surface area contributed by atoms with Crippen molar-refractivity contribution in [3.05, 3.63) is 65.8 Å². The quantitative estimate of drug-likeness (QED) is 0.332. The lowest BCUT2D eigenvalue weighted by molar-refractivity contribution is 0.0941. The number of aliphatic hydroxyl groups excluding tert-OH is 1. The molecule has 3 aliphatic carbocycles. The van der Waals surface area contributed by atoms with Crippen LogP contribution in [-0.2, 0) is 0 Å². The van der Waals surface area contributed by atoms with Crippen LogP contribution in [0.15, 0.2) is 70.7 Å². The normalized spacial score (nSPS) is 34.1. The first-order chi connectivity index (χ1) is 15.5. The van der Waals surface area contributed by atoms with Crippen LogP contribution in [0.5, 0.6) is 0 Å². The second-order valence-corrected chi connectivity index (χ2v) is 12.0. The van der Waals surface area contributed by atoms with Gasteiger partial charge >= 0.3 is 0 Å². The summed E-state index contributed by atoms with van der Waals surface area (Å²) in [5, 5.41) is 10.1. The number of thioether (sulfide) groups is 1. The molecule has 0 spiro atoms. The number of hydrogen-bond donors (Lipinski definition) is 1. The first-order valence-corrected chi connectivity index (χ1v) is 13.9. The van der Waals surface area contributed by atoms with E-state index in [4.69, 9.17) is 0 Å². The minimum Gasteiger partial charge on any atom is -0.393 e. The van der Waals surface area contributed by atoms with Crippen molar-refractivity contribution in [2.24, 2.45) is 23.2 Å². The summed E-state index contributed by atoms with van der Waals surface area (Å²) < 4.78 is 0. The molecular weight excluding hydrogens is 408 g/mol. The van der Waals surface area contributed by atoms with E-state index in [0.717, 1.165) is 37.0 Å². The molecule has 1 aromatic rings. The van der Waals surface area contributed by atoms with Crippen LogP contribution in [0.1, 0.15) is 78.1 Å². The van der Waals surface area contributed by atoms with Crippen molar-refractivity contribution in [1.82, 2.24) is 0 Å². The third kappa shape index (κ3) is 5.45. The Bertz CT molecular complexity index is 838. The number of allylic oxidation sites excluding steroid dienone is 4. The monoisotopic (exact) mass is 450 g/mol. The van der Waals surface area contributed by atoms with E-state index in [1.54, 1.807) is 5.57 Å². The molecule has 1 aromatic carbocycles. The molecule has 0 bridgehead atoms. The second-order valence-electron chi connectivity index (χ2n) is 10.8. The van der Waals surface area contributed by atoms with Gasteiger partial charge in [0.25, 0.3) is 0 Å². The van der Waals surface area contributed by atoms with E-state index in [1.165, 1.54) is 66.7 Å². The lowest BCUT2D eigenvalue weighted by Gasteiger charge is -2.44. The van der Waals surface area contributed by atoms with Crippen LogP contribution >= 0.6 is 11.8 Å². The maximum atomic E-state index is 10.1. The van der Waals surface area contributed by atoms with Crippen molar-refractivity contribution in [2.75, 3.05) is 5.75 Å². The Labute approximate surface area is 200 Å². The largest absolute Gasteiger partial charge is 0.393 e. The van der Waals surface area contributed by atoms with Crippen LogP contribution in [0.25, 0.3) is 0 Å². The fraction of sp³-hybridized carbons (Fsp3) is 0.600. The molecule has 3 aliphatic rings. The molecule has 0 heterocycles. The van der Waals surface area contributed by atoms with Crippen molar-refractivity contribution in [1.29, 1.82) is 0 Å². The lowest BCUT2D eigenvalue weighted by atomic mass is 9.61. The van der Waals surface area contributed by atoms with Gasteiger partial charge in [-0.2, -0.15) is 0 Å². The highest BCUT2D eigenvalue weighted by Crippen LogP contribution is 2.59. The minimum absolute atomic E-state index is 0.182. The molecule has 32 heavy (non-hydrogen) atoms. The van der Waals surface area contributed by atoms with Gasteiger partial charge in [0, 0.05) is 4.90 Å². The third-order valence-corrected chi connectivity index (χ3v) is 9.83. The molecule has 1 nitrogen and oxygen atoms in total. The smallest absolute Gasteiger partial charge is 0.0583 e. The Hall–Kier alpha value is -1.25. The maximum Gasteiger partial charge on any atom is 0.0583 e. The van der Waals surface area contributed by atoms with Gasteiger partial charge in [-0.3, -0.25) is 0 Å². The average Bonchev–Trinajstić information content (AvgIpc) is 3.15. The van der Waals surface area contributed by atoms with Gasteiger partial charge in [0.15, 0.2) is 0 Å². The second kappa shape index (κ2) is 10.8. The first kappa shape index (κ1) is 23.9. The summed E-state index contributed by atoms with van der Waals surface area (Å²) in [6.45, 7) is 9.39. The Morgan fingerprint density at radius 2 is 1.97 bits per heavy atom. The molecule has 3 fully saturated rings. The predicted molar refractivity (Wildman–Crippen MR) is 139 cm³/mol. The predicted octanol–water partition coefficient (Wildman–Crippen LogP) is 8.37. The summed E-state index contributed by atoms with van der Waals surface area (Å²) in [6.07, 6.45) is 16.6. The molecule has 0 aromatic heterocycles. The topological polar surface area (TPSA) is 20.2 Å². The van der Waals surface area contributed by atoms with Crippen molar-refractivity contribution >= 4 is 11.8 Å². The Kier molecular flexibility index (Phi) is 8.05. The van der Waals surface area contributed by atoms with E-state index in [0.29, 0.717) is 5.41 Å². The highest BCUT2D eigenvalue weighted by atomic mass is 32.2. The van der Waals surface area contributed by atoms with E-state index < -0.39 is 0 Å². The van der Waals surface area contributed by atoms with Gasteiger partial charge in [0.1, 0.15) is 0 Å². The van der Waals surface area contributed by atoms with Crippen molar-refractivity contribution < 1.29 is 5.11 Å². The molecule has 0 aliphatic heterocycles. The molecule has 3 saturated carbocycles. The Morgan fingerprint density at radius 1 is 1.16 bits per heavy atom. The minimum atomic E-state index is -0.182. The summed E-state index contributed by atoms with van der Waals surface area (Å²) in [6, 6.07) is 10.8. The zero-order valence-corrected chi connectivity index (χ0v) is 21.0. The zero-order chi connectivity index (χ0) is 22.6. The molecule has 4 rings (SSSR count). The molecule has 2 heteroatoms. The highest BCUT2D eigenvalue weighted by molar-refractivity contribution is 7.99. The molecule has 5 atom stereocenters. The number of rotatable bonds is 7.